The second-order valence-corrected chi connectivity index (χ2v) is 5.61. The fraction of sp³-hybridized carbons (Fsp3) is 0.286. The van der Waals surface area contributed by atoms with Gasteiger partial charge >= 0.3 is 0 Å². The van der Waals surface area contributed by atoms with Crippen molar-refractivity contribution >= 4 is 31.9 Å². The van der Waals surface area contributed by atoms with Gasteiger partial charge in [-0.25, -0.2) is 0 Å². The topological polar surface area (TPSA) is 34.4 Å². The molecule has 1 N–H and O–H groups in total. The Hall–Kier alpha value is -0.780. The molecule has 0 radical (unpaired) electrons. The van der Waals surface area contributed by atoms with E-state index in [1.165, 1.54) is 0 Å². The van der Waals surface area contributed by atoms with Crippen molar-refractivity contribution in [3.05, 3.63) is 50.8 Å². The van der Waals surface area contributed by atoms with Gasteiger partial charge in [0.05, 0.1) is 23.9 Å². The van der Waals surface area contributed by atoms with E-state index < -0.39 is 0 Å². The van der Waals surface area contributed by atoms with Gasteiger partial charge in [0.15, 0.2) is 4.67 Å². The molecule has 1 atom stereocenters. The van der Waals surface area contributed by atoms with Crippen LogP contribution in [0.5, 0.6) is 5.75 Å². The van der Waals surface area contributed by atoms with Gasteiger partial charge in [-0.2, -0.15) is 0 Å². The van der Waals surface area contributed by atoms with Crippen molar-refractivity contribution in [2.45, 2.75) is 13.0 Å². The van der Waals surface area contributed by atoms with Crippen LogP contribution < -0.4 is 10.1 Å². The van der Waals surface area contributed by atoms with E-state index in [9.17, 15) is 0 Å². The lowest BCUT2D eigenvalue weighted by Crippen LogP contribution is -2.21. The van der Waals surface area contributed by atoms with Gasteiger partial charge in [-0.05, 0) is 62.2 Å². The van der Waals surface area contributed by atoms with Crippen LogP contribution in [0.1, 0.15) is 24.1 Å². The summed E-state index contributed by atoms with van der Waals surface area (Å²) >= 11 is 6.96. The van der Waals surface area contributed by atoms with Gasteiger partial charge in [-0.3, -0.25) is 0 Å². The van der Waals surface area contributed by atoms with Gasteiger partial charge < -0.3 is 14.5 Å². The molecule has 0 bridgehead atoms. The number of furan rings is 1. The van der Waals surface area contributed by atoms with Crippen molar-refractivity contribution in [3.8, 4) is 5.75 Å². The van der Waals surface area contributed by atoms with Crippen LogP contribution in [-0.2, 0) is 0 Å². The summed E-state index contributed by atoms with van der Waals surface area (Å²) in [5.41, 5.74) is 2.23. The van der Waals surface area contributed by atoms with E-state index in [2.05, 4.69) is 56.2 Å². The maximum atomic E-state index is 5.33. The van der Waals surface area contributed by atoms with E-state index in [1.807, 2.05) is 12.1 Å². The van der Waals surface area contributed by atoms with Crippen LogP contribution in [0.4, 0.5) is 0 Å². The molecule has 5 heteroatoms. The minimum atomic E-state index is 0.0836. The van der Waals surface area contributed by atoms with E-state index >= 15 is 0 Å². The Labute approximate surface area is 129 Å². The summed E-state index contributed by atoms with van der Waals surface area (Å²) in [7, 11) is 1.66. The largest absolute Gasteiger partial charge is 0.496 e. The highest BCUT2D eigenvalue weighted by Gasteiger charge is 2.18. The monoisotopic (exact) mass is 387 g/mol. The highest BCUT2D eigenvalue weighted by molar-refractivity contribution is 9.10. The molecule has 19 heavy (non-hydrogen) atoms. The molecule has 2 rings (SSSR count). The molecule has 1 heterocycles. The van der Waals surface area contributed by atoms with Crippen molar-refractivity contribution in [1.29, 1.82) is 0 Å². The zero-order chi connectivity index (χ0) is 13.8. The molecule has 0 spiro atoms. The first-order chi connectivity index (χ1) is 9.17. The number of methoxy groups -OCH3 is 1. The van der Waals surface area contributed by atoms with E-state index in [1.54, 1.807) is 13.4 Å². The number of hydrogen-bond donors (Lipinski definition) is 1. The number of ether oxygens (including phenoxy) is 1. The van der Waals surface area contributed by atoms with Crippen molar-refractivity contribution in [1.82, 2.24) is 5.32 Å². The normalized spacial score (nSPS) is 12.4. The molecule has 1 aromatic heterocycles. The number of nitrogens with one attached hydrogen (secondary N) is 1. The summed E-state index contributed by atoms with van der Waals surface area (Å²) in [6.45, 7) is 2.95. The number of benzene rings is 1. The molecular formula is C14H15Br2NO2. The van der Waals surface area contributed by atoms with Gasteiger partial charge in [0.25, 0.3) is 0 Å². The van der Waals surface area contributed by atoms with E-state index in [4.69, 9.17) is 9.15 Å². The highest BCUT2D eigenvalue weighted by Crippen LogP contribution is 2.33. The van der Waals surface area contributed by atoms with Crippen LogP contribution in [0.2, 0.25) is 0 Å². The first kappa shape index (κ1) is 14.6. The molecule has 3 nitrogen and oxygen atoms in total. The Bertz CT molecular complexity index is 554. The molecule has 0 saturated carbocycles. The van der Waals surface area contributed by atoms with Crippen LogP contribution in [0, 0.1) is 0 Å². The second kappa shape index (κ2) is 6.59. The lowest BCUT2D eigenvalue weighted by molar-refractivity contribution is 0.411. The molecule has 2 aromatic rings. The Morgan fingerprint density at radius 2 is 2.11 bits per heavy atom. The molecule has 1 unspecified atom stereocenters. The zero-order valence-electron chi connectivity index (χ0n) is 10.7. The average molecular weight is 389 g/mol. The molecule has 1 aromatic carbocycles. The fourth-order valence-electron chi connectivity index (χ4n) is 1.98. The standard InChI is InChI=1S/C14H15Br2NO2/c1-3-17-13(10-6-7-19-14(10)16)9-4-5-12(18-2)11(15)8-9/h4-8,13,17H,3H2,1-2H3. The Kier molecular flexibility index (Phi) is 5.07. The molecule has 102 valence electrons. The van der Waals surface area contributed by atoms with Crippen LogP contribution in [-0.4, -0.2) is 13.7 Å². The van der Waals surface area contributed by atoms with E-state index in [-0.39, 0.29) is 6.04 Å². The fourth-order valence-corrected chi connectivity index (χ4v) is 3.01. The predicted molar refractivity (Wildman–Crippen MR) is 82.6 cm³/mol. The smallest absolute Gasteiger partial charge is 0.174 e. The zero-order valence-corrected chi connectivity index (χ0v) is 13.9. The lowest BCUT2D eigenvalue weighted by Gasteiger charge is -2.18. The maximum Gasteiger partial charge on any atom is 0.174 e. The van der Waals surface area contributed by atoms with Crippen molar-refractivity contribution < 1.29 is 9.15 Å². The summed E-state index contributed by atoms with van der Waals surface area (Å²) < 4.78 is 12.3. The Morgan fingerprint density at radius 1 is 1.32 bits per heavy atom. The molecule has 0 aliphatic carbocycles. The summed E-state index contributed by atoms with van der Waals surface area (Å²) in [6, 6.07) is 8.12. The van der Waals surface area contributed by atoms with E-state index in [0.29, 0.717) is 0 Å². The third kappa shape index (κ3) is 3.22. The minimum Gasteiger partial charge on any atom is -0.496 e. The maximum absolute atomic E-state index is 5.33. The Balaban J connectivity index is 2.39. The predicted octanol–water partition coefficient (Wildman–Crippen LogP) is 4.51. The Morgan fingerprint density at radius 3 is 2.63 bits per heavy atom. The van der Waals surface area contributed by atoms with Crippen LogP contribution in [0.15, 0.2) is 44.1 Å². The lowest BCUT2D eigenvalue weighted by atomic mass is 10.0. The molecule has 0 aliphatic heterocycles. The first-order valence-corrected chi connectivity index (χ1v) is 7.55. The summed E-state index contributed by atoms with van der Waals surface area (Å²) in [6.07, 6.45) is 1.68. The van der Waals surface area contributed by atoms with Gasteiger partial charge in [0, 0.05) is 5.56 Å². The molecular weight excluding hydrogens is 374 g/mol. The number of halogens is 2. The van der Waals surface area contributed by atoms with Gasteiger partial charge in [-0.15, -0.1) is 0 Å². The molecule has 0 amide bonds. The van der Waals surface area contributed by atoms with Crippen LogP contribution in [0.3, 0.4) is 0 Å². The van der Waals surface area contributed by atoms with Crippen LogP contribution >= 0.6 is 31.9 Å². The number of hydrogen-bond acceptors (Lipinski definition) is 3. The third-order valence-corrected chi connectivity index (χ3v) is 4.14. The van der Waals surface area contributed by atoms with Crippen LogP contribution in [0.25, 0.3) is 0 Å². The average Bonchev–Trinajstić information content (AvgIpc) is 2.82. The summed E-state index contributed by atoms with van der Waals surface area (Å²) in [4.78, 5) is 0. The molecule has 0 aliphatic rings. The number of rotatable bonds is 5. The van der Waals surface area contributed by atoms with Gasteiger partial charge in [0.1, 0.15) is 5.75 Å². The highest BCUT2D eigenvalue weighted by atomic mass is 79.9. The van der Waals surface area contributed by atoms with Crippen molar-refractivity contribution in [2.24, 2.45) is 0 Å². The third-order valence-electron chi connectivity index (χ3n) is 2.87. The molecule has 0 fully saturated rings. The van der Waals surface area contributed by atoms with Gasteiger partial charge in [0.2, 0.25) is 0 Å². The second-order valence-electron chi connectivity index (χ2n) is 4.03. The quantitative estimate of drug-likeness (QED) is 0.817. The minimum absolute atomic E-state index is 0.0836. The molecule has 0 saturated heterocycles. The summed E-state index contributed by atoms with van der Waals surface area (Å²) in [5.74, 6) is 0.824. The SMILES string of the molecule is CCNC(c1ccc(OC)c(Br)c1)c1ccoc1Br. The summed E-state index contributed by atoms with van der Waals surface area (Å²) in [5, 5.41) is 3.46. The van der Waals surface area contributed by atoms with E-state index in [0.717, 1.165) is 32.6 Å². The van der Waals surface area contributed by atoms with Gasteiger partial charge in [-0.1, -0.05) is 13.0 Å². The first-order valence-electron chi connectivity index (χ1n) is 5.97. The van der Waals surface area contributed by atoms with Crippen molar-refractivity contribution in [3.63, 3.8) is 0 Å². The van der Waals surface area contributed by atoms with Crippen molar-refractivity contribution in [2.75, 3.05) is 13.7 Å².